The Labute approximate surface area is 133 Å². The van der Waals surface area contributed by atoms with Crippen molar-refractivity contribution in [2.75, 3.05) is 0 Å². The first-order chi connectivity index (χ1) is 10.6. The number of hydrogen-bond acceptors (Lipinski definition) is 5. The molecule has 2 amide bonds. The molecule has 108 valence electrons. The number of halogens is 1. The molecule has 0 atom stereocenters. The monoisotopic (exact) mass is 330 g/mol. The zero-order chi connectivity index (χ0) is 15.3. The van der Waals surface area contributed by atoms with E-state index in [4.69, 9.17) is 16.0 Å². The van der Waals surface area contributed by atoms with Crippen LogP contribution in [0.15, 0.2) is 39.8 Å². The molecule has 4 rings (SSSR count). The van der Waals surface area contributed by atoms with Crippen molar-refractivity contribution in [3.8, 4) is 0 Å². The highest BCUT2D eigenvalue weighted by Crippen LogP contribution is 2.31. The number of amides is 2. The molecule has 0 saturated carbocycles. The van der Waals surface area contributed by atoms with Gasteiger partial charge in [-0.2, -0.15) is 0 Å². The number of benzene rings is 1. The number of rotatable bonds is 1. The fourth-order valence-corrected chi connectivity index (χ4v) is 3.12. The van der Waals surface area contributed by atoms with E-state index in [-0.39, 0.29) is 5.24 Å². The van der Waals surface area contributed by atoms with Gasteiger partial charge in [-0.05, 0) is 36.0 Å². The molecule has 0 aliphatic carbocycles. The van der Waals surface area contributed by atoms with E-state index in [1.165, 1.54) is 0 Å². The van der Waals surface area contributed by atoms with Crippen LogP contribution in [-0.2, 0) is 4.79 Å². The predicted molar refractivity (Wildman–Crippen MR) is 85.6 cm³/mol. The minimum Gasteiger partial charge on any atom is -0.456 e. The van der Waals surface area contributed by atoms with Gasteiger partial charge in [-0.3, -0.25) is 19.9 Å². The van der Waals surface area contributed by atoms with Gasteiger partial charge in [-0.1, -0.05) is 11.6 Å². The van der Waals surface area contributed by atoms with Crippen molar-refractivity contribution in [2.45, 2.75) is 0 Å². The topological polar surface area (TPSA) is 72.2 Å². The van der Waals surface area contributed by atoms with Crippen molar-refractivity contribution in [1.82, 2.24) is 10.3 Å². The first-order valence-electron chi connectivity index (χ1n) is 6.33. The lowest BCUT2D eigenvalue weighted by atomic mass is 10.2. The van der Waals surface area contributed by atoms with E-state index in [1.54, 1.807) is 30.5 Å². The summed E-state index contributed by atoms with van der Waals surface area (Å²) in [6.45, 7) is 0. The summed E-state index contributed by atoms with van der Waals surface area (Å²) < 4.78 is 5.80. The summed E-state index contributed by atoms with van der Waals surface area (Å²) in [6, 6.07) is 7.15. The molecule has 0 unspecified atom stereocenters. The van der Waals surface area contributed by atoms with Crippen LogP contribution in [0.2, 0.25) is 5.02 Å². The lowest BCUT2D eigenvalue weighted by Crippen LogP contribution is -2.17. The molecule has 3 aromatic rings. The SMILES string of the molecule is O=C1NC(=O)/C(=C/c2cc3cnc4cc(Cl)ccc4c3o2)S1. The number of thioether (sulfide) groups is 1. The van der Waals surface area contributed by atoms with Gasteiger partial charge in [0.15, 0.2) is 0 Å². The standard InChI is InChI=1S/C15H7ClN2O3S/c16-8-1-2-10-11(4-8)17-6-7-3-9(21-13(7)10)5-12-14(19)18-15(20)22-12/h1-6H,(H,18,19,20)/b12-5-. The summed E-state index contributed by atoms with van der Waals surface area (Å²) in [5, 5.41) is 4.08. The number of fused-ring (bicyclic) bond motifs is 3. The number of pyridine rings is 1. The van der Waals surface area contributed by atoms with Crippen molar-refractivity contribution < 1.29 is 14.0 Å². The zero-order valence-corrected chi connectivity index (χ0v) is 12.5. The van der Waals surface area contributed by atoms with E-state index in [2.05, 4.69) is 10.3 Å². The molecule has 1 aliphatic rings. The molecule has 2 aromatic heterocycles. The fraction of sp³-hybridized carbons (Fsp3) is 0. The van der Waals surface area contributed by atoms with E-state index >= 15 is 0 Å². The van der Waals surface area contributed by atoms with Crippen molar-refractivity contribution in [3.05, 3.63) is 46.2 Å². The number of nitrogens with one attached hydrogen (secondary N) is 1. The lowest BCUT2D eigenvalue weighted by molar-refractivity contribution is -0.115. The van der Waals surface area contributed by atoms with E-state index in [1.807, 2.05) is 6.07 Å². The third-order valence-electron chi connectivity index (χ3n) is 3.24. The zero-order valence-electron chi connectivity index (χ0n) is 10.9. The molecule has 1 aromatic carbocycles. The van der Waals surface area contributed by atoms with E-state index in [0.717, 1.165) is 28.1 Å². The maximum atomic E-state index is 11.6. The molecular formula is C15H7ClN2O3S. The van der Waals surface area contributed by atoms with Crippen LogP contribution in [0.25, 0.3) is 27.9 Å². The maximum Gasteiger partial charge on any atom is 0.290 e. The summed E-state index contributed by atoms with van der Waals surface area (Å²) in [4.78, 5) is 27.4. The molecule has 1 aliphatic heterocycles. The average molecular weight is 331 g/mol. The van der Waals surface area contributed by atoms with Gasteiger partial charge in [0.05, 0.1) is 10.4 Å². The van der Waals surface area contributed by atoms with E-state index < -0.39 is 5.91 Å². The van der Waals surface area contributed by atoms with Crippen LogP contribution in [-0.4, -0.2) is 16.1 Å². The first kappa shape index (κ1) is 13.4. The Balaban J connectivity index is 1.87. The number of nitrogens with zero attached hydrogens (tertiary/aromatic N) is 1. The van der Waals surface area contributed by atoms with Gasteiger partial charge in [0.2, 0.25) is 0 Å². The van der Waals surface area contributed by atoms with Gasteiger partial charge in [-0.15, -0.1) is 0 Å². The normalized spacial score (nSPS) is 16.9. The molecule has 7 heteroatoms. The molecule has 22 heavy (non-hydrogen) atoms. The molecule has 0 radical (unpaired) electrons. The molecule has 1 N–H and O–H groups in total. The first-order valence-corrected chi connectivity index (χ1v) is 7.52. The van der Waals surface area contributed by atoms with Gasteiger partial charge in [0.1, 0.15) is 11.3 Å². The largest absolute Gasteiger partial charge is 0.456 e. The van der Waals surface area contributed by atoms with Gasteiger partial charge in [-0.25, -0.2) is 0 Å². The third-order valence-corrected chi connectivity index (χ3v) is 4.29. The number of aromatic nitrogens is 1. The Morgan fingerprint density at radius 2 is 2.14 bits per heavy atom. The van der Waals surface area contributed by atoms with E-state index in [0.29, 0.717) is 21.3 Å². The Hall–Kier alpha value is -2.31. The Kier molecular flexibility index (Phi) is 2.95. The van der Waals surface area contributed by atoms with Crippen molar-refractivity contribution in [1.29, 1.82) is 0 Å². The predicted octanol–water partition coefficient (Wildman–Crippen LogP) is 3.96. The van der Waals surface area contributed by atoms with Crippen LogP contribution >= 0.6 is 23.4 Å². The molecule has 1 saturated heterocycles. The van der Waals surface area contributed by atoms with Gasteiger partial charge >= 0.3 is 0 Å². The number of imide groups is 1. The fourth-order valence-electron chi connectivity index (χ4n) is 2.30. The summed E-state index contributed by atoms with van der Waals surface area (Å²) in [6.07, 6.45) is 3.24. The van der Waals surface area contributed by atoms with Crippen molar-refractivity contribution >= 4 is 62.5 Å². The number of carbonyl (C=O) groups excluding carboxylic acids is 2. The summed E-state index contributed by atoms with van der Waals surface area (Å²) in [7, 11) is 0. The van der Waals surface area contributed by atoms with Gasteiger partial charge in [0, 0.05) is 28.1 Å². The van der Waals surface area contributed by atoms with Gasteiger partial charge < -0.3 is 4.42 Å². The maximum absolute atomic E-state index is 11.6. The minimum atomic E-state index is -0.412. The second kappa shape index (κ2) is 4.86. The van der Waals surface area contributed by atoms with Crippen molar-refractivity contribution in [2.24, 2.45) is 0 Å². The number of furan rings is 1. The minimum absolute atomic E-state index is 0.310. The Morgan fingerprint density at radius 3 is 2.91 bits per heavy atom. The van der Waals surface area contributed by atoms with Crippen LogP contribution < -0.4 is 5.32 Å². The quantitative estimate of drug-likeness (QED) is 0.684. The number of hydrogen-bond donors (Lipinski definition) is 1. The van der Waals surface area contributed by atoms with Crippen LogP contribution in [0.4, 0.5) is 4.79 Å². The molecule has 0 bridgehead atoms. The highest BCUT2D eigenvalue weighted by molar-refractivity contribution is 8.18. The summed E-state index contributed by atoms with van der Waals surface area (Å²) >= 11 is 6.81. The third kappa shape index (κ3) is 2.17. The van der Waals surface area contributed by atoms with Crippen molar-refractivity contribution in [3.63, 3.8) is 0 Å². The molecular weight excluding hydrogens is 324 g/mol. The summed E-state index contributed by atoms with van der Waals surface area (Å²) in [5.74, 6) is 0.0804. The second-order valence-corrected chi connectivity index (χ2v) is 6.16. The smallest absolute Gasteiger partial charge is 0.290 e. The molecule has 1 fully saturated rings. The molecule has 0 spiro atoms. The van der Waals surface area contributed by atoms with Crippen LogP contribution in [0, 0.1) is 0 Å². The molecule has 5 nitrogen and oxygen atoms in total. The van der Waals surface area contributed by atoms with Gasteiger partial charge in [0.25, 0.3) is 11.1 Å². The van der Waals surface area contributed by atoms with Crippen LogP contribution in [0.3, 0.4) is 0 Å². The Morgan fingerprint density at radius 1 is 1.27 bits per heavy atom. The highest BCUT2D eigenvalue weighted by atomic mass is 35.5. The lowest BCUT2D eigenvalue weighted by Gasteiger charge is -1.98. The second-order valence-electron chi connectivity index (χ2n) is 4.71. The highest BCUT2D eigenvalue weighted by Gasteiger charge is 2.25. The Bertz CT molecular complexity index is 993. The van der Waals surface area contributed by atoms with E-state index in [9.17, 15) is 9.59 Å². The molecule has 3 heterocycles. The number of carbonyl (C=O) groups is 2. The average Bonchev–Trinajstić information content (AvgIpc) is 3.01. The van der Waals surface area contributed by atoms with Crippen LogP contribution in [0.1, 0.15) is 5.76 Å². The summed E-state index contributed by atoms with van der Waals surface area (Å²) in [5.41, 5.74) is 1.40. The van der Waals surface area contributed by atoms with Crippen LogP contribution in [0.5, 0.6) is 0 Å².